The fourth-order valence-corrected chi connectivity index (χ4v) is 4.51. The van der Waals surface area contributed by atoms with E-state index in [4.69, 9.17) is 0 Å². The number of nitrogens with one attached hydrogen (secondary N) is 1. The Balaban J connectivity index is 0. The summed E-state index contributed by atoms with van der Waals surface area (Å²) in [4.78, 5) is -2.02. The van der Waals surface area contributed by atoms with E-state index in [1.54, 1.807) is 0 Å². The Hall–Kier alpha value is 1.50. The number of hydrogen-bond acceptors (Lipinski definition) is 12. The van der Waals surface area contributed by atoms with Crippen LogP contribution in [0.15, 0.2) is 39.0 Å². The van der Waals surface area contributed by atoms with E-state index in [1.807, 2.05) is 4.72 Å². The molecule has 0 aliphatic rings. The van der Waals surface area contributed by atoms with Gasteiger partial charge in [0.1, 0.15) is 20.2 Å². The van der Waals surface area contributed by atoms with Gasteiger partial charge in [-0.1, -0.05) is 0 Å². The van der Waals surface area contributed by atoms with Crippen LogP contribution in [0.25, 0.3) is 10.8 Å². The first-order valence-electron chi connectivity index (χ1n) is 6.37. The van der Waals surface area contributed by atoms with Gasteiger partial charge in [-0.2, -0.15) is 4.33 Å². The van der Waals surface area contributed by atoms with Gasteiger partial charge in [0.05, 0.1) is 33.8 Å². The summed E-state index contributed by atoms with van der Waals surface area (Å²) in [5.74, 6) is 0. The monoisotopic (exact) mass is 527 g/mol. The van der Waals surface area contributed by atoms with E-state index in [1.165, 1.54) is 0 Å². The molecule has 0 atom stereocenters. The fraction of sp³-hybridized carbons (Fsp3) is 0.0909. The topological polar surface area (TPSA) is 202 Å². The SMILES string of the molecule is CS(=O)(=O)Nc1cc2c(SOO[O-])cc(S(=O)(=O)[O-])cc2cc1S(=O)(=O)[O-].[Na+].[Na+].[Na+]. The quantitative estimate of drug-likeness (QED) is 0.117. The normalized spacial score (nSPS) is 11.7. The smallest absolute Gasteiger partial charge is 0.744 e. The van der Waals surface area contributed by atoms with Crippen molar-refractivity contribution >= 4 is 58.8 Å². The number of sulfonamides is 1. The molecule has 0 radical (unpaired) electrons. The van der Waals surface area contributed by atoms with Crippen LogP contribution in [-0.4, -0.2) is 40.6 Å². The molecule has 0 fully saturated rings. The van der Waals surface area contributed by atoms with Gasteiger partial charge in [-0.15, -0.1) is 0 Å². The first kappa shape index (κ1) is 33.7. The molecule has 12 nitrogen and oxygen atoms in total. The van der Waals surface area contributed by atoms with Gasteiger partial charge < -0.3 is 14.4 Å². The third-order valence-electron chi connectivity index (χ3n) is 2.99. The molecule has 0 amide bonds. The van der Waals surface area contributed by atoms with E-state index in [2.05, 4.69) is 9.37 Å². The number of fused-ring (bicyclic) bond motifs is 1. The van der Waals surface area contributed by atoms with Crippen LogP contribution in [0.4, 0.5) is 5.69 Å². The molecule has 0 unspecified atom stereocenters. The van der Waals surface area contributed by atoms with Crippen LogP contribution in [-0.2, 0) is 39.6 Å². The molecular formula is C11H8NNa3O11S4. The van der Waals surface area contributed by atoms with Gasteiger partial charge in [0.25, 0.3) is 0 Å². The van der Waals surface area contributed by atoms with Gasteiger partial charge in [-0.3, -0.25) is 9.76 Å². The molecule has 2 rings (SSSR count). The van der Waals surface area contributed by atoms with E-state index in [9.17, 15) is 39.6 Å². The molecule has 0 aromatic heterocycles. The molecule has 0 aliphatic heterocycles. The van der Waals surface area contributed by atoms with Crippen molar-refractivity contribution in [3.05, 3.63) is 24.3 Å². The molecule has 2 aromatic rings. The fourth-order valence-electron chi connectivity index (χ4n) is 2.08. The maximum absolute atomic E-state index is 11.5. The standard InChI is InChI=1S/C11H11NO11S4.3Na/c1-25(14,15)12-9-5-8-6(3-11(9)27(19,20)21)2-7(26(16,17)18)4-10(8)24-23-22-13;;;/h2-5,12-13H,1H3,(H,16,17,18)(H,19,20,21);;;/q;3*+1/p-3. The van der Waals surface area contributed by atoms with Crippen molar-refractivity contribution in [3.8, 4) is 0 Å². The first-order chi connectivity index (χ1) is 12.2. The second kappa shape index (κ2) is 12.8. The van der Waals surface area contributed by atoms with Crippen LogP contribution < -0.4 is 98.7 Å². The Morgan fingerprint density at radius 3 is 1.90 bits per heavy atom. The van der Waals surface area contributed by atoms with Crippen LogP contribution in [0.2, 0.25) is 0 Å². The predicted octanol–water partition coefficient (Wildman–Crippen LogP) is -9.74. The van der Waals surface area contributed by atoms with Crippen LogP contribution in [0.1, 0.15) is 0 Å². The largest absolute Gasteiger partial charge is 1.00 e. The van der Waals surface area contributed by atoms with E-state index in [0.717, 1.165) is 18.2 Å². The average molecular weight is 527 g/mol. The molecule has 150 valence electrons. The minimum absolute atomic E-state index is 0. The van der Waals surface area contributed by atoms with Gasteiger partial charge in [-0.25, -0.2) is 25.3 Å². The Morgan fingerprint density at radius 1 is 0.900 bits per heavy atom. The molecule has 2 aromatic carbocycles. The average Bonchev–Trinajstić information content (AvgIpc) is 2.48. The minimum atomic E-state index is -5.19. The van der Waals surface area contributed by atoms with Crippen molar-refractivity contribution < 1.29 is 138 Å². The number of anilines is 1. The Kier molecular flexibility index (Phi) is 14.4. The van der Waals surface area contributed by atoms with Crippen molar-refractivity contribution in [2.75, 3.05) is 11.0 Å². The maximum atomic E-state index is 11.5. The van der Waals surface area contributed by atoms with Crippen molar-refractivity contribution in [3.63, 3.8) is 0 Å². The summed E-state index contributed by atoms with van der Waals surface area (Å²) in [6, 6.07) is 3.16. The van der Waals surface area contributed by atoms with E-state index >= 15 is 0 Å². The van der Waals surface area contributed by atoms with Gasteiger partial charge >= 0.3 is 88.7 Å². The van der Waals surface area contributed by atoms with Crippen molar-refractivity contribution in [2.45, 2.75) is 14.7 Å². The van der Waals surface area contributed by atoms with E-state index < -0.39 is 45.7 Å². The van der Waals surface area contributed by atoms with Crippen molar-refractivity contribution in [1.29, 1.82) is 0 Å². The second-order valence-electron chi connectivity index (χ2n) is 4.99. The molecule has 0 saturated carbocycles. The summed E-state index contributed by atoms with van der Waals surface area (Å²) in [5.41, 5.74) is -0.623. The Morgan fingerprint density at radius 2 is 1.47 bits per heavy atom. The minimum Gasteiger partial charge on any atom is -0.744 e. The summed E-state index contributed by atoms with van der Waals surface area (Å²) in [6.07, 6.45) is 0.704. The van der Waals surface area contributed by atoms with Gasteiger partial charge in [0, 0.05) is 4.90 Å². The molecule has 0 bridgehead atoms. The second-order valence-corrected chi connectivity index (χ2v) is 10.2. The van der Waals surface area contributed by atoms with E-state index in [-0.39, 0.29) is 116 Å². The number of rotatable bonds is 7. The van der Waals surface area contributed by atoms with Crippen molar-refractivity contribution in [1.82, 2.24) is 0 Å². The zero-order valence-corrected chi connectivity index (χ0v) is 25.2. The van der Waals surface area contributed by atoms with Crippen LogP contribution in [0, 0.1) is 0 Å². The van der Waals surface area contributed by atoms with Gasteiger partial charge in [0.2, 0.25) is 10.0 Å². The summed E-state index contributed by atoms with van der Waals surface area (Å²) < 4.78 is 97.0. The Labute approximate surface area is 242 Å². The maximum Gasteiger partial charge on any atom is 1.00 e. The molecular weight excluding hydrogens is 519 g/mol. The van der Waals surface area contributed by atoms with Crippen LogP contribution in [0.5, 0.6) is 0 Å². The molecule has 19 heteroatoms. The number of benzene rings is 2. The summed E-state index contributed by atoms with van der Waals surface area (Å²) in [7, 11) is -14.2. The first-order valence-corrected chi connectivity index (χ1v) is 11.8. The zero-order chi connectivity index (χ0) is 20.6. The molecule has 30 heavy (non-hydrogen) atoms. The molecule has 0 aliphatic carbocycles. The third-order valence-corrected chi connectivity index (χ3v) is 5.91. The van der Waals surface area contributed by atoms with Crippen LogP contribution in [0.3, 0.4) is 0 Å². The van der Waals surface area contributed by atoms with Gasteiger partial charge in [-0.05, 0) is 35.0 Å². The zero-order valence-electron chi connectivity index (χ0n) is 15.9. The predicted molar refractivity (Wildman–Crippen MR) is 86.4 cm³/mol. The van der Waals surface area contributed by atoms with Gasteiger partial charge in [0.15, 0.2) is 0 Å². The summed E-state index contributed by atoms with van der Waals surface area (Å²) in [6.45, 7) is 0. The summed E-state index contributed by atoms with van der Waals surface area (Å²) >= 11 is 0.177. The number of hydrogen-bond donors (Lipinski definition) is 1. The van der Waals surface area contributed by atoms with E-state index in [0.29, 0.717) is 12.3 Å². The molecule has 0 heterocycles. The van der Waals surface area contributed by atoms with Crippen LogP contribution >= 0.6 is 12.0 Å². The molecule has 0 spiro atoms. The van der Waals surface area contributed by atoms with Crippen molar-refractivity contribution in [2.24, 2.45) is 0 Å². The molecule has 0 saturated heterocycles. The Bertz CT molecular complexity index is 1220. The molecule has 1 N–H and O–H groups in total. The summed E-state index contributed by atoms with van der Waals surface area (Å²) in [5, 5.41) is 12.9. The third kappa shape index (κ3) is 9.40.